The van der Waals surface area contributed by atoms with Crippen LogP contribution in [0.2, 0.25) is 0 Å². The Morgan fingerprint density at radius 2 is 1.82 bits per heavy atom. The molecule has 0 aliphatic rings. The van der Waals surface area contributed by atoms with Gasteiger partial charge < -0.3 is 19.7 Å². The highest BCUT2D eigenvalue weighted by atomic mass is 32.1. The summed E-state index contributed by atoms with van der Waals surface area (Å²) in [6, 6.07) is 16.3. The van der Waals surface area contributed by atoms with Gasteiger partial charge in [-0.1, -0.05) is 24.3 Å². The van der Waals surface area contributed by atoms with Gasteiger partial charge in [0, 0.05) is 11.4 Å². The fourth-order valence-corrected chi connectivity index (χ4v) is 3.70. The molecule has 1 aromatic heterocycles. The van der Waals surface area contributed by atoms with E-state index in [9.17, 15) is 4.39 Å². The van der Waals surface area contributed by atoms with Crippen LogP contribution in [0.1, 0.15) is 10.4 Å². The maximum absolute atomic E-state index is 14.0. The number of thiocarbonyl (C=S) groups is 1. The van der Waals surface area contributed by atoms with Crippen LogP contribution in [0.3, 0.4) is 0 Å². The lowest BCUT2D eigenvalue weighted by Crippen LogP contribution is -2.33. The first kappa shape index (κ1) is 20.1. The molecule has 0 unspecified atom stereocenters. The van der Waals surface area contributed by atoms with Gasteiger partial charge in [-0.25, -0.2) is 4.39 Å². The Balaban J connectivity index is 1.82. The fraction of sp³-hybridized carbons (Fsp3) is 0.190. The zero-order chi connectivity index (χ0) is 19.9. The molecule has 0 saturated heterocycles. The van der Waals surface area contributed by atoms with Gasteiger partial charge in [0.25, 0.3) is 0 Å². The van der Waals surface area contributed by atoms with Crippen LogP contribution in [0, 0.1) is 5.82 Å². The van der Waals surface area contributed by atoms with E-state index in [1.165, 1.54) is 6.07 Å². The summed E-state index contributed by atoms with van der Waals surface area (Å²) in [5, 5.41) is 5.50. The van der Waals surface area contributed by atoms with Gasteiger partial charge >= 0.3 is 0 Å². The van der Waals surface area contributed by atoms with Crippen molar-refractivity contribution in [1.29, 1.82) is 0 Å². The minimum atomic E-state index is -0.341. The molecule has 4 nitrogen and oxygen atoms in total. The Bertz CT molecular complexity index is 932. The predicted molar refractivity (Wildman–Crippen MR) is 116 cm³/mol. The van der Waals surface area contributed by atoms with Crippen molar-refractivity contribution in [2.75, 3.05) is 19.5 Å². The number of nitrogens with zero attached hydrogens (tertiary/aromatic N) is 1. The lowest BCUT2D eigenvalue weighted by atomic mass is 10.2. The van der Waals surface area contributed by atoms with Crippen molar-refractivity contribution in [2.45, 2.75) is 13.1 Å². The molecule has 1 N–H and O–H groups in total. The van der Waals surface area contributed by atoms with Crippen LogP contribution in [0.15, 0.2) is 60.0 Å². The maximum Gasteiger partial charge on any atom is 0.174 e. The molecule has 7 heteroatoms. The molecule has 1 heterocycles. The van der Waals surface area contributed by atoms with E-state index < -0.39 is 0 Å². The van der Waals surface area contributed by atoms with Gasteiger partial charge in [0.2, 0.25) is 0 Å². The molecular formula is C21H21FN2O2S2. The van der Waals surface area contributed by atoms with Crippen molar-refractivity contribution in [1.82, 2.24) is 4.90 Å². The zero-order valence-electron chi connectivity index (χ0n) is 15.6. The Kier molecular flexibility index (Phi) is 6.84. The standard InChI is InChI=1S/C21H21FN2O2S2/c1-25-19-10-9-15(12-20(19)26-2)13-24(14-16-6-5-11-28-16)21(27)23-18-8-4-3-7-17(18)22/h3-12H,13-14H2,1-2H3,(H,23,27). The summed E-state index contributed by atoms with van der Waals surface area (Å²) in [6.07, 6.45) is 0. The molecule has 0 fully saturated rings. The number of ether oxygens (including phenoxy) is 2. The largest absolute Gasteiger partial charge is 0.493 e. The number of thiophene rings is 1. The normalized spacial score (nSPS) is 10.4. The predicted octanol–water partition coefficient (Wildman–Crippen LogP) is 5.30. The van der Waals surface area contributed by atoms with Gasteiger partial charge in [-0.3, -0.25) is 0 Å². The van der Waals surface area contributed by atoms with E-state index in [-0.39, 0.29) is 5.82 Å². The maximum atomic E-state index is 14.0. The van der Waals surface area contributed by atoms with Crippen LogP contribution >= 0.6 is 23.6 Å². The molecule has 3 rings (SSSR count). The summed E-state index contributed by atoms with van der Waals surface area (Å²) in [5.41, 5.74) is 1.36. The van der Waals surface area contributed by atoms with Crippen LogP contribution < -0.4 is 14.8 Å². The summed E-state index contributed by atoms with van der Waals surface area (Å²) >= 11 is 7.25. The zero-order valence-corrected chi connectivity index (χ0v) is 17.3. The molecule has 0 atom stereocenters. The Morgan fingerprint density at radius 3 is 2.50 bits per heavy atom. The Hall–Kier alpha value is -2.64. The summed E-state index contributed by atoms with van der Waals surface area (Å²) in [4.78, 5) is 3.16. The van der Waals surface area contributed by atoms with E-state index in [4.69, 9.17) is 21.7 Å². The summed E-state index contributed by atoms with van der Waals surface area (Å²) in [6.45, 7) is 1.16. The van der Waals surface area contributed by atoms with Crippen molar-refractivity contribution in [3.8, 4) is 11.5 Å². The van der Waals surface area contributed by atoms with Gasteiger partial charge in [0.1, 0.15) is 5.82 Å². The number of rotatable bonds is 7. The lowest BCUT2D eigenvalue weighted by molar-refractivity contribution is 0.353. The first-order valence-electron chi connectivity index (χ1n) is 8.64. The van der Waals surface area contributed by atoms with Crippen LogP contribution in [-0.4, -0.2) is 24.2 Å². The third-order valence-electron chi connectivity index (χ3n) is 4.15. The van der Waals surface area contributed by atoms with Crippen molar-refractivity contribution in [2.24, 2.45) is 0 Å². The number of para-hydroxylation sites is 1. The van der Waals surface area contributed by atoms with Crippen LogP contribution in [0.5, 0.6) is 11.5 Å². The molecule has 0 amide bonds. The molecular weight excluding hydrogens is 395 g/mol. The number of hydrogen-bond donors (Lipinski definition) is 1. The van der Waals surface area contributed by atoms with E-state index in [1.807, 2.05) is 34.5 Å². The molecule has 3 aromatic rings. The van der Waals surface area contributed by atoms with Gasteiger partial charge in [-0.05, 0) is 53.5 Å². The monoisotopic (exact) mass is 416 g/mol. The minimum absolute atomic E-state index is 0.341. The van der Waals surface area contributed by atoms with Crippen LogP contribution in [0.25, 0.3) is 0 Å². The third kappa shape index (κ3) is 4.99. The molecule has 0 radical (unpaired) electrons. The third-order valence-corrected chi connectivity index (χ3v) is 5.37. The van der Waals surface area contributed by atoms with E-state index in [0.29, 0.717) is 35.4 Å². The second-order valence-corrected chi connectivity index (χ2v) is 7.45. The van der Waals surface area contributed by atoms with Crippen LogP contribution in [0.4, 0.5) is 10.1 Å². The first-order valence-corrected chi connectivity index (χ1v) is 9.93. The minimum Gasteiger partial charge on any atom is -0.493 e. The quantitative estimate of drug-likeness (QED) is 0.529. The lowest BCUT2D eigenvalue weighted by Gasteiger charge is -2.26. The van der Waals surface area contributed by atoms with Crippen molar-refractivity contribution >= 4 is 34.4 Å². The molecule has 0 aliphatic heterocycles. The molecule has 2 aromatic carbocycles. The number of nitrogens with one attached hydrogen (secondary N) is 1. The number of halogens is 1. The molecule has 0 saturated carbocycles. The van der Waals surface area contributed by atoms with Crippen molar-refractivity contribution in [3.05, 3.63) is 76.2 Å². The van der Waals surface area contributed by atoms with Gasteiger partial charge in [0.05, 0.1) is 26.5 Å². The van der Waals surface area contributed by atoms with Crippen LogP contribution in [-0.2, 0) is 13.1 Å². The molecule has 28 heavy (non-hydrogen) atoms. The Labute approximate surface area is 173 Å². The van der Waals surface area contributed by atoms with Gasteiger partial charge in [-0.2, -0.15) is 0 Å². The van der Waals surface area contributed by atoms with E-state index in [2.05, 4.69) is 11.4 Å². The van der Waals surface area contributed by atoms with E-state index in [0.717, 1.165) is 10.4 Å². The average Bonchev–Trinajstić information content (AvgIpc) is 3.22. The SMILES string of the molecule is COc1ccc(CN(Cc2cccs2)C(=S)Nc2ccccc2F)cc1OC. The number of benzene rings is 2. The van der Waals surface area contributed by atoms with Crippen molar-refractivity contribution < 1.29 is 13.9 Å². The van der Waals surface area contributed by atoms with Gasteiger partial charge in [0.15, 0.2) is 16.6 Å². The average molecular weight is 417 g/mol. The Morgan fingerprint density at radius 1 is 1.04 bits per heavy atom. The fourth-order valence-electron chi connectivity index (χ4n) is 2.75. The number of hydrogen-bond acceptors (Lipinski definition) is 4. The molecule has 0 aliphatic carbocycles. The summed E-state index contributed by atoms with van der Waals surface area (Å²) in [5.74, 6) is 0.985. The van der Waals surface area contributed by atoms with Gasteiger partial charge in [-0.15, -0.1) is 11.3 Å². The molecule has 146 valence electrons. The number of methoxy groups -OCH3 is 2. The number of anilines is 1. The second-order valence-electron chi connectivity index (χ2n) is 6.03. The molecule has 0 bridgehead atoms. The first-order chi connectivity index (χ1) is 13.6. The highest BCUT2D eigenvalue weighted by molar-refractivity contribution is 7.80. The van der Waals surface area contributed by atoms with Crippen molar-refractivity contribution in [3.63, 3.8) is 0 Å². The van der Waals surface area contributed by atoms with E-state index >= 15 is 0 Å². The smallest absolute Gasteiger partial charge is 0.174 e. The van der Waals surface area contributed by atoms with E-state index in [1.54, 1.807) is 43.8 Å². The topological polar surface area (TPSA) is 33.7 Å². The summed E-state index contributed by atoms with van der Waals surface area (Å²) < 4.78 is 24.7. The molecule has 0 spiro atoms. The summed E-state index contributed by atoms with van der Waals surface area (Å²) in [7, 11) is 3.21. The highest BCUT2D eigenvalue weighted by Crippen LogP contribution is 2.28. The second kappa shape index (κ2) is 9.52. The highest BCUT2D eigenvalue weighted by Gasteiger charge is 2.15.